The molecule has 0 radical (unpaired) electrons. The Labute approximate surface area is 178 Å². The Hall–Kier alpha value is -2.57. The fraction of sp³-hybridized carbons (Fsp3) is 0.458. The number of carbonyl (C=O) groups excluding carboxylic acids is 1. The number of ether oxygens (including phenoxy) is 2. The highest BCUT2D eigenvalue weighted by molar-refractivity contribution is 5.94. The zero-order valence-electron chi connectivity index (χ0n) is 17.8. The summed E-state index contributed by atoms with van der Waals surface area (Å²) in [5.41, 5.74) is 1.92. The molecule has 3 rings (SSSR count). The maximum atomic E-state index is 12.6. The number of aliphatic hydroxyl groups excluding tert-OH is 1. The third-order valence-corrected chi connectivity index (χ3v) is 5.54. The number of amides is 1. The van der Waals surface area contributed by atoms with Crippen LogP contribution in [-0.4, -0.2) is 55.4 Å². The lowest BCUT2D eigenvalue weighted by Gasteiger charge is -2.32. The molecule has 1 amide bonds. The maximum Gasteiger partial charge on any atom is 0.227 e. The molecule has 1 unspecified atom stereocenters. The van der Waals surface area contributed by atoms with Crippen molar-refractivity contribution in [2.24, 2.45) is 5.92 Å². The molecule has 1 heterocycles. The van der Waals surface area contributed by atoms with Crippen LogP contribution in [0.15, 0.2) is 48.5 Å². The van der Waals surface area contributed by atoms with Crippen LogP contribution in [0.1, 0.15) is 25.3 Å². The zero-order valence-corrected chi connectivity index (χ0v) is 17.8. The monoisotopic (exact) mass is 412 g/mol. The van der Waals surface area contributed by atoms with E-state index in [9.17, 15) is 9.90 Å². The van der Waals surface area contributed by atoms with Gasteiger partial charge in [0.05, 0.1) is 12.8 Å². The standard InChI is InChI=1S/C24H32N2O4/c1-3-18-7-6-8-21(15-18)30-17-20(27)16-26-13-11-19(12-14-26)24(28)25-22-9-4-5-10-23(22)29-2/h4-10,15,19-20,27H,3,11-14,16-17H2,1-2H3,(H,25,28). The van der Waals surface area contributed by atoms with Gasteiger partial charge in [0.1, 0.15) is 24.2 Å². The average Bonchev–Trinajstić information content (AvgIpc) is 2.78. The topological polar surface area (TPSA) is 71.0 Å². The molecular weight excluding hydrogens is 380 g/mol. The largest absolute Gasteiger partial charge is 0.495 e. The normalized spacial score (nSPS) is 16.1. The second kappa shape index (κ2) is 11.0. The van der Waals surface area contributed by atoms with Crippen LogP contribution in [0.25, 0.3) is 0 Å². The molecule has 2 N–H and O–H groups in total. The van der Waals surface area contributed by atoms with Gasteiger partial charge in [-0.15, -0.1) is 0 Å². The SMILES string of the molecule is CCc1cccc(OCC(O)CN2CCC(C(=O)Nc3ccccc3OC)CC2)c1. The summed E-state index contributed by atoms with van der Waals surface area (Å²) in [5.74, 6) is 1.45. The van der Waals surface area contributed by atoms with Crippen molar-refractivity contribution in [3.05, 3.63) is 54.1 Å². The number of aliphatic hydroxyl groups is 1. The molecule has 1 fully saturated rings. The number of anilines is 1. The maximum absolute atomic E-state index is 12.6. The first-order chi connectivity index (χ1) is 14.6. The summed E-state index contributed by atoms with van der Waals surface area (Å²) < 4.78 is 11.0. The number of hydrogen-bond acceptors (Lipinski definition) is 5. The van der Waals surface area contributed by atoms with Gasteiger partial charge in [-0.1, -0.05) is 31.2 Å². The van der Waals surface area contributed by atoms with Gasteiger partial charge >= 0.3 is 0 Å². The van der Waals surface area contributed by atoms with E-state index in [2.05, 4.69) is 23.2 Å². The Kier molecular flexibility index (Phi) is 8.11. The summed E-state index contributed by atoms with van der Waals surface area (Å²) in [5, 5.41) is 13.3. The number of hydrogen-bond donors (Lipinski definition) is 2. The zero-order chi connectivity index (χ0) is 21.3. The number of carbonyl (C=O) groups is 1. The Bertz CT molecular complexity index is 818. The number of benzene rings is 2. The first-order valence-electron chi connectivity index (χ1n) is 10.6. The molecule has 1 aliphatic heterocycles. The predicted octanol–water partition coefficient (Wildman–Crippen LogP) is 3.35. The quantitative estimate of drug-likeness (QED) is 0.661. The number of rotatable bonds is 9. The van der Waals surface area contributed by atoms with Crippen molar-refractivity contribution in [3.8, 4) is 11.5 Å². The highest BCUT2D eigenvalue weighted by Crippen LogP contribution is 2.26. The van der Waals surface area contributed by atoms with Crippen LogP contribution in [0.2, 0.25) is 0 Å². The molecule has 2 aromatic rings. The molecule has 30 heavy (non-hydrogen) atoms. The minimum atomic E-state index is -0.561. The van der Waals surface area contributed by atoms with Crippen molar-refractivity contribution in [1.29, 1.82) is 0 Å². The smallest absolute Gasteiger partial charge is 0.227 e. The molecular formula is C24H32N2O4. The fourth-order valence-corrected chi connectivity index (χ4v) is 3.76. The fourth-order valence-electron chi connectivity index (χ4n) is 3.76. The highest BCUT2D eigenvalue weighted by Gasteiger charge is 2.26. The van der Waals surface area contributed by atoms with Gasteiger partial charge in [-0.05, 0) is 62.2 Å². The van der Waals surface area contributed by atoms with Gasteiger partial charge in [0.15, 0.2) is 0 Å². The number of nitrogens with one attached hydrogen (secondary N) is 1. The van der Waals surface area contributed by atoms with E-state index in [4.69, 9.17) is 9.47 Å². The van der Waals surface area contributed by atoms with E-state index >= 15 is 0 Å². The van der Waals surface area contributed by atoms with E-state index < -0.39 is 6.10 Å². The Morgan fingerprint density at radius 3 is 2.70 bits per heavy atom. The lowest BCUT2D eigenvalue weighted by molar-refractivity contribution is -0.121. The van der Waals surface area contributed by atoms with Crippen LogP contribution in [-0.2, 0) is 11.2 Å². The highest BCUT2D eigenvalue weighted by atomic mass is 16.5. The predicted molar refractivity (Wildman–Crippen MR) is 118 cm³/mol. The van der Waals surface area contributed by atoms with Crippen molar-refractivity contribution < 1.29 is 19.4 Å². The molecule has 1 saturated heterocycles. The summed E-state index contributed by atoms with van der Waals surface area (Å²) in [6, 6.07) is 15.4. The van der Waals surface area contributed by atoms with Crippen LogP contribution >= 0.6 is 0 Å². The van der Waals surface area contributed by atoms with E-state index in [1.807, 2.05) is 42.5 Å². The van der Waals surface area contributed by atoms with Crippen molar-refractivity contribution in [2.75, 3.05) is 38.7 Å². The van der Waals surface area contributed by atoms with Crippen LogP contribution in [0.3, 0.4) is 0 Å². The number of nitrogens with zero attached hydrogens (tertiary/aromatic N) is 1. The minimum Gasteiger partial charge on any atom is -0.495 e. The molecule has 162 valence electrons. The Morgan fingerprint density at radius 2 is 1.97 bits per heavy atom. The third kappa shape index (κ3) is 6.21. The van der Waals surface area contributed by atoms with E-state index in [-0.39, 0.29) is 18.4 Å². The number of methoxy groups -OCH3 is 1. The lowest BCUT2D eigenvalue weighted by atomic mass is 9.95. The molecule has 2 aromatic carbocycles. The van der Waals surface area contributed by atoms with Crippen molar-refractivity contribution in [1.82, 2.24) is 4.90 Å². The van der Waals surface area contributed by atoms with E-state index in [1.54, 1.807) is 7.11 Å². The first kappa shape index (κ1) is 22.1. The third-order valence-electron chi connectivity index (χ3n) is 5.54. The van der Waals surface area contributed by atoms with Gasteiger partial charge in [0.25, 0.3) is 0 Å². The van der Waals surface area contributed by atoms with Crippen molar-refractivity contribution in [2.45, 2.75) is 32.3 Å². The molecule has 0 spiro atoms. The van der Waals surface area contributed by atoms with Crippen LogP contribution in [0.5, 0.6) is 11.5 Å². The molecule has 0 aromatic heterocycles. The van der Waals surface area contributed by atoms with Crippen LogP contribution in [0.4, 0.5) is 5.69 Å². The lowest BCUT2D eigenvalue weighted by Crippen LogP contribution is -2.42. The number of aryl methyl sites for hydroxylation is 1. The average molecular weight is 413 g/mol. The number of para-hydroxylation sites is 2. The van der Waals surface area contributed by atoms with E-state index in [0.29, 0.717) is 18.0 Å². The summed E-state index contributed by atoms with van der Waals surface area (Å²) in [6.07, 6.45) is 1.94. The van der Waals surface area contributed by atoms with Gasteiger partial charge in [-0.3, -0.25) is 4.79 Å². The molecule has 6 nitrogen and oxygen atoms in total. The Balaban J connectivity index is 1.41. The molecule has 0 saturated carbocycles. The molecule has 0 aliphatic carbocycles. The van der Waals surface area contributed by atoms with Gasteiger partial charge in [0, 0.05) is 12.5 Å². The Morgan fingerprint density at radius 1 is 1.20 bits per heavy atom. The summed E-state index contributed by atoms with van der Waals surface area (Å²) >= 11 is 0. The molecule has 0 bridgehead atoms. The van der Waals surface area contributed by atoms with Gasteiger partial charge in [-0.2, -0.15) is 0 Å². The van der Waals surface area contributed by atoms with Crippen molar-refractivity contribution >= 4 is 11.6 Å². The molecule has 1 atom stereocenters. The summed E-state index contributed by atoms with van der Waals surface area (Å²) in [4.78, 5) is 14.8. The van der Waals surface area contributed by atoms with Crippen LogP contribution < -0.4 is 14.8 Å². The van der Waals surface area contributed by atoms with E-state index in [1.165, 1.54) is 5.56 Å². The summed E-state index contributed by atoms with van der Waals surface area (Å²) in [7, 11) is 1.60. The van der Waals surface area contributed by atoms with Crippen LogP contribution in [0, 0.1) is 5.92 Å². The molecule has 6 heteroatoms. The number of piperidine rings is 1. The summed E-state index contributed by atoms with van der Waals surface area (Å²) in [6.45, 7) is 4.49. The van der Waals surface area contributed by atoms with Gasteiger partial charge in [0.2, 0.25) is 5.91 Å². The van der Waals surface area contributed by atoms with Gasteiger partial charge < -0.3 is 24.8 Å². The number of likely N-dealkylation sites (tertiary alicyclic amines) is 1. The minimum absolute atomic E-state index is 0.0267. The van der Waals surface area contributed by atoms with Gasteiger partial charge in [-0.25, -0.2) is 0 Å². The molecule has 1 aliphatic rings. The number of β-amino-alcohol motifs (C(OH)–C–C–N with tert-alkyl or cyclic N) is 1. The van der Waals surface area contributed by atoms with E-state index in [0.717, 1.165) is 38.1 Å². The van der Waals surface area contributed by atoms with Crippen molar-refractivity contribution in [3.63, 3.8) is 0 Å². The first-order valence-corrected chi connectivity index (χ1v) is 10.6. The second-order valence-electron chi connectivity index (χ2n) is 7.73. The second-order valence-corrected chi connectivity index (χ2v) is 7.73.